The normalized spacial score (nSPS) is 15.4. The Bertz CT molecular complexity index is 535. The maximum atomic E-state index is 13.6. The Labute approximate surface area is 96.0 Å². The van der Waals surface area contributed by atoms with Crippen molar-refractivity contribution in [3.05, 3.63) is 29.0 Å². The van der Waals surface area contributed by atoms with Crippen LogP contribution in [0.1, 0.15) is 18.9 Å². The van der Waals surface area contributed by atoms with E-state index in [-0.39, 0.29) is 0 Å². The zero-order valence-corrected chi connectivity index (χ0v) is 9.02. The highest BCUT2D eigenvalue weighted by Gasteiger charge is 2.26. The molecule has 1 saturated carbocycles. The van der Waals surface area contributed by atoms with E-state index in [4.69, 9.17) is 11.6 Å². The molecular formula is C10H8ClFN4. The van der Waals surface area contributed by atoms with Crippen LogP contribution in [0.25, 0.3) is 11.4 Å². The van der Waals surface area contributed by atoms with E-state index in [1.54, 1.807) is 16.9 Å². The summed E-state index contributed by atoms with van der Waals surface area (Å²) in [4.78, 5) is 1.55. The van der Waals surface area contributed by atoms with E-state index in [1.807, 2.05) is 0 Å². The Kier molecular flexibility index (Phi) is 2.14. The molecule has 0 saturated heterocycles. The molecule has 1 aliphatic rings. The average Bonchev–Trinajstić information content (AvgIpc) is 2.98. The van der Waals surface area contributed by atoms with Crippen LogP contribution >= 0.6 is 11.6 Å². The fraction of sp³-hybridized carbons (Fsp3) is 0.300. The standard InChI is InChI=1S/C10H8ClFN4/c11-6-1-4-8(9(12)5-6)10-13-15-16(14-10)7-2-3-7/h1,4-5,7H,2-3H2. The second-order valence-corrected chi connectivity index (χ2v) is 4.23. The molecule has 0 aliphatic heterocycles. The van der Waals surface area contributed by atoms with Crippen LogP contribution in [0.4, 0.5) is 4.39 Å². The molecule has 16 heavy (non-hydrogen) atoms. The summed E-state index contributed by atoms with van der Waals surface area (Å²) in [6, 6.07) is 4.76. The van der Waals surface area contributed by atoms with Crippen molar-refractivity contribution in [3.8, 4) is 11.4 Å². The number of hydrogen-bond donors (Lipinski definition) is 0. The van der Waals surface area contributed by atoms with E-state index in [9.17, 15) is 4.39 Å². The number of aromatic nitrogens is 4. The lowest BCUT2D eigenvalue weighted by Crippen LogP contribution is -1.98. The van der Waals surface area contributed by atoms with Crippen LogP contribution in [0.3, 0.4) is 0 Å². The maximum absolute atomic E-state index is 13.6. The van der Waals surface area contributed by atoms with Crippen molar-refractivity contribution in [2.75, 3.05) is 0 Å². The topological polar surface area (TPSA) is 43.6 Å². The summed E-state index contributed by atoms with van der Waals surface area (Å²) in [5.74, 6) is -0.121. The molecule has 0 amide bonds. The van der Waals surface area contributed by atoms with Gasteiger partial charge in [0.05, 0.1) is 11.6 Å². The van der Waals surface area contributed by atoms with Crippen molar-refractivity contribution >= 4 is 11.6 Å². The highest BCUT2D eigenvalue weighted by atomic mass is 35.5. The van der Waals surface area contributed by atoms with E-state index < -0.39 is 5.82 Å². The Morgan fingerprint density at radius 1 is 1.38 bits per heavy atom. The summed E-state index contributed by atoms with van der Waals surface area (Å²) in [6.07, 6.45) is 2.14. The van der Waals surface area contributed by atoms with Gasteiger partial charge in [0.1, 0.15) is 5.82 Å². The van der Waals surface area contributed by atoms with Crippen LogP contribution < -0.4 is 0 Å². The van der Waals surface area contributed by atoms with E-state index in [2.05, 4.69) is 15.4 Å². The van der Waals surface area contributed by atoms with Gasteiger partial charge in [0.2, 0.25) is 5.82 Å². The minimum atomic E-state index is -0.428. The zero-order chi connectivity index (χ0) is 11.1. The molecule has 1 aromatic carbocycles. The number of rotatable bonds is 2. The third-order valence-electron chi connectivity index (χ3n) is 2.47. The first-order valence-corrected chi connectivity index (χ1v) is 5.37. The predicted molar refractivity (Wildman–Crippen MR) is 56.5 cm³/mol. The van der Waals surface area contributed by atoms with Gasteiger partial charge in [0, 0.05) is 5.02 Å². The van der Waals surface area contributed by atoms with Gasteiger partial charge in [-0.3, -0.25) is 0 Å². The first-order chi connectivity index (χ1) is 7.74. The van der Waals surface area contributed by atoms with Crippen molar-refractivity contribution < 1.29 is 4.39 Å². The average molecular weight is 239 g/mol. The summed E-state index contributed by atoms with van der Waals surface area (Å²) >= 11 is 5.67. The molecule has 0 atom stereocenters. The van der Waals surface area contributed by atoms with E-state index in [0.29, 0.717) is 22.5 Å². The minimum absolute atomic E-state index is 0.307. The Morgan fingerprint density at radius 2 is 2.19 bits per heavy atom. The van der Waals surface area contributed by atoms with Crippen molar-refractivity contribution in [1.29, 1.82) is 0 Å². The Hall–Kier alpha value is -1.49. The summed E-state index contributed by atoms with van der Waals surface area (Å²) in [7, 11) is 0. The second kappa shape index (κ2) is 3.52. The van der Waals surface area contributed by atoms with Gasteiger partial charge >= 0.3 is 0 Å². The van der Waals surface area contributed by atoms with E-state index in [0.717, 1.165) is 12.8 Å². The first-order valence-electron chi connectivity index (χ1n) is 4.99. The number of benzene rings is 1. The predicted octanol–water partition coefficient (Wildman–Crippen LogP) is 2.47. The quantitative estimate of drug-likeness (QED) is 0.807. The summed E-state index contributed by atoms with van der Waals surface area (Å²) < 4.78 is 13.6. The largest absolute Gasteiger partial charge is 0.207 e. The van der Waals surface area contributed by atoms with Crippen LogP contribution in [0.2, 0.25) is 5.02 Å². The summed E-state index contributed by atoms with van der Waals surface area (Å²) in [6.45, 7) is 0. The van der Waals surface area contributed by atoms with Gasteiger partial charge in [-0.05, 0) is 36.3 Å². The first kappa shape index (κ1) is 9.72. The third kappa shape index (κ3) is 1.67. The molecule has 1 fully saturated rings. The van der Waals surface area contributed by atoms with E-state index >= 15 is 0 Å². The van der Waals surface area contributed by atoms with Crippen LogP contribution in [0.15, 0.2) is 18.2 Å². The molecule has 0 bridgehead atoms. The molecule has 0 radical (unpaired) electrons. The lowest BCUT2D eigenvalue weighted by Gasteiger charge is -1.97. The number of halogens is 2. The molecule has 1 aromatic heterocycles. The number of hydrogen-bond acceptors (Lipinski definition) is 3. The lowest BCUT2D eigenvalue weighted by molar-refractivity contribution is 0.537. The molecule has 0 unspecified atom stereocenters. The van der Waals surface area contributed by atoms with Crippen molar-refractivity contribution in [1.82, 2.24) is 20.2 Å². The van der Waals surface area contributed by atoms with Crippen LogP contribution in [-0.2, 0) is 0 Å². The van der Waals surface area contributed by atoms with E-state index in [1.165, 1.54) is 6.07 Å². The molecule has 1 aliphatic carbocycles. The second-order valence-electron chi connectivity index (χ2n) is 3.79. The molecule has 0 N–H and O–H groups in total. The summed E-state index contributed by atoms with van der Waals surface area (Å²) in [5.41, 5.74) is 0.330. The van der Waals surface area contributed by atoms with Gasteiger partial charge in [-0.2, -0.15) is 4.80 Å². The zero-order valence-electron chi connectivity index (χ0n) is 8.27. The molecule has 3 rings (SSSR count). The number of tetrazole rings is 1. The van der Waals surface area contributed by atoms with Crippen molar-refractivity contribution in [2.45, 2.75) is 18.9 Å². The molecule has 2 aromatic rings. The third-order valence-corrected chi connectivity index (χ3v) is 2.71. The van der Waals surface area contributed by atoms with Crippen LogP contribution in [0, 0.1) is 5.82 Å². The minimum Gasteiger partial charge on any atom is -0.206 e. The Morgan fingerprint density at radius 3 is 2.88 bits per heavy atom. The Balaban J connectivity index is 2.00. The molecule has 4 nitrogen and oxygen atoms in total. The summed E-state index contributed by atoms with van der Waals surface area (Å²) in [5, 5.41) is 12.2. The smallest absolute Gasteiger partial charge is 0.206 e. The van der Waals surface area contributed by atoms with Gasteiger partial charge in [0.25, 0.3) is 0 Å². The van der Waals surface area contributed by atoms with Crippen LogP contribution in [-0.4, -0.2) is 20.2 Å². The molecular weight excluding hydrogens is 231 g/mol. The number of nitrogens with zero attached hydrogens (tertiary/aromatic N) is 4. The SMILES string of the molecule is Fc1cc(Cl)ccc1-c1nnn(C2CC2)n1. The van der Waals surface area contributed by atoms with Crippen molar-refractivity contribution in [2.24, 2.45) is 0 Å². The highest BCUT2D eigenvalue weighted by molar-refractivity contribution is 6.30. The van der Waals surface area contributed by atoms with Gasteiger partial charge in [-0.25, -0.2) is 4.39 Å². The van der Waals surface area contributed by atoms with Crippen LogP contribution in [0.5, 0.6) is 0 Å². The fourth-order valence-electron chi connectivity index (χ4n) is 1.46. The van der Waals surface area contributed by atoms with Gasteiger partial charge < -0.3 is 0 Å². The maximum Gasteiger partial charge on any atom is 0.207 e. The highest BCUT2D eigenvalue weighted by Crippen LogP contribution is 2.33. The van der Waals surface area contributed by atoms with Gasteiger partial charge in [-0.15, -0.1) is 10.2 Å². The van der Waals surface area contributed by atoms with Crippen molar-refractivity contribution in [3.63, 3.8) is 0 Å². The monoisotopic (exact) mass is 238 g/mol. The lowest BCUT2D eigenvalue weighted by atomic mass is 10.2. The van der Waals surface area contributed by atoms with Gasteiger partial charge in [-0.1, -0.05) is 11.6 Å². The molecule has 1 heterocycles. The molecule has 6 heteroatoms. The van der Waals surface area contributed by atoms with Gasteiger partial charge in [0.15, 0.2) is 0 Å². The molecule has 82 valence electrons. The fourth-order valence-corrected chi connectivity index (χ4v) is 1.62. The molecule has 0 spiro atoms.